The third-order valence-electron chi connectivity index (χ3n) is 6.42. The van der Waals surface area contributed by atoms with Gasteiger partial charge in [-0.15, -0.1) is 5.10 Å². The van der Waals surface area contributed by atoms with Crippen LogP contribution in [-0.4, -0.2) is 52.9 Å². The average Bonchev–Trinajstić information content (AvgIpc) is 3.21. The zero-order valence-corrected chi connectivity index (χ0v) is 19.1. The Morgan fingerprint density at radius 2 is 1.88 bits per heavy atom. The van der Waals surface area contributed by atoms with Crippen molar-refractivity contribution in [2.45, 2.75) is 25.8 Å². The van der Waals surface area contributed by atoms with Gasteiger partial charge < -0.3 is 19.9 Å². The molecule has 33 heavy (non-hydrogen) atoms. The predicted molar refractivity (Wildman–Crippen MR) is 130 cm³/mol. The number of hydrogen-bond acceptors (Lipinski definition) is 6. The van der Waals surface area contributed by atoms with Gasteiger partial charge in [-0.1, -0.05) is 30.3 Å². The van der Waals surface area contributed by atoms with Crippen molar-refractivity contribution in [1.29, 1.82) is 0 Å². The van der Waals surface area contributed by atoms with Gasteiger partial charge in [0.2, 0.25) is 0 Å². The first-order valence-corrected chi connectivity index (χ1v) is 11.2. The molecule has 1 aliphatic rings. The van der Waals surface area contributed by atoms with E-state index in [0.29, 0.717) is 34.7 Å². The summed E-state index contributed by atoms with van der Waals surface area (Å²) in [6.07, 6.45) is 2.21. The van der Waals surface area contributed by atoms with Gasteiger partial charge in [0.25, 0.3) is 5.56 Å². The number of H-pyrrole nitrogens is 1. The van der Waals surface area contributed by atoms with Crippen molar-refractivity contribution < 1.29 is 4.74 Å². The van der Waals surface area contributed by atoms with Crippen molar-refractivity contribution in [3.8, 4) is 28.4 Å². The first-order chi connectivity index (χ1) is 16.1. The number of nitrogens with one attached hydrogen (secondary N) is 2. The van der Waals surface area contributed by atoms with Gasteiger partial charge in [0.05, 0.1) is 12.7 Å². The lowest BCUT2D eigenvalue weighted by Gasteiger charge is -2.33. The lowest BCUT2D eigenvalue weighted by atomic mass is 10.0. The van der Waals surface area contributed by atoms with E-state index in [1.54, 1.807) is 11.6 Å². The lowest BCUT2D eigenvalue weighted by Crippen LogP contribution is -2.41. The molecule has 0 bridgehead atoms. The maximum atomic E-state index is 13.1. The quantitative estimate of drug-likeness (QED) is 0.491. The van der Waals surface area contributed by atoms with E-state index in [2.05, 4.69) is 26.3 Å². The maximum absolute atomic E-state index is 13.1. The van der Waals surface area contributed by atoms with E-state index < -0.39 is 0 Å². The normalized spacial score (nSPS) is 14.7. The van der Waals surface area contributed by atoms with Crippen molar-refractivity contribution in [2.75, 3.05) is 32.1 Å². The van der Waals surface area contributed by atoms with Crippen molar-refractivity contribution in [3.05, 3.63) is 64.7 Å². The number of piperidine rings is 1. The molecule has 2 aromatic carbocycles. The third kappa shape index (κ3) is 3.87. The van der Waals surface area contributed by atoms with Crippen LogP contribution in [0.15, 0.2) is 53.3 Å². The molecular weight excluding hydrogens is 416 g/mol. The number of methoxy groups -OCH3 is 1. The number of imidazole rings is 1. The second-order valence-electron chi connectivity index (χ2n) is 8.37. The van der Waals surface area contributed by atoms with Gasteiger partial charge in [-0.05, 0) is 38.9 Å². The van der Waals surface area contributed by atoms with Gasteiger partial charge in [0.15, 0.2) is 11.3 Å². The molecule has 1 aliphatic heterocycles. The molecule has 5 rings (SSSR count). The molecule has 0 aliphatic carbocycles. The van der Waals surface area contributed by atoms with Crippen LogP contribution in [0.2, 0.25) is 0 Å². The standard InChI is InChI=1S/C25H28N6O2/c1-16-27-22(17-7-5-4-6-8-17)23-25(32)28-24(29-31(16)23)20-10-9-19(15-21(20)33-3)30-13-11-18(26-2)12-14-30/h4-10,15,18,26H,11-14H2,1-3H3,(H,28,29,32). The highest BCUT2D eigenvalue weighted by Crippen LogP contribution is 2.33. The summed E-state index contributed by atoms with van der Waals surface area (Å²) in [4.78, 5) is 23.1. The van der Waals surface area contributed by atoms with E-state index >= 15 is 0 Å². The number of nitrogens with zero attached hydrogens (tertiary/aromatic N) is 4. The number of fused-ring (bicyclic) bond motifs is 1. The smallest absolute Gasteiger partial charge is 0.277 e. The highest BCUT2D eigenvalue weighted by Gasteiger charge is 2.21. The van der Waals surface area contributed by atoms with Crippen LogP contribution in [0.5, 0.6) is 5.75 Å². The zero-order valence-electron chi connectivity index (χ0n) is 19.1. The number of hydrogen-bond donors (Lipinski definition) is 2. The van der Waals surface area contributed by atoms with Gasteiger partial charge in [-0.25, -0.2) is 9.50 Å². The maximum Gasteiger partial charge on any atom is 0.277 e. The third-order valence-corrected chi connectivity index (χ3v) is 6.42. The molecule has 2 N–H and O–H groups in total. The summed E-state index contributed by atoms with van der Waals surface area (Å²) < 4.78 is 7.32. The Kier molecular flexibility index (Phi) is 5.60. The molecule has 0 radical (unpaired) electrons. The van der Waals surface area contributed by atoms with Crippen molar-refractivity contribution in [2.24, 2.45) is 0 Å². The Hall–Kier alpha value is -3.65. The molecule has 1 saturated heterocycles. The molecule has 4 aromatic rings. The molecule has 1 fully saturated rings. The number of ether oxygens (including phenoxy) is 1. The summed E-state index contributed by atoms with van der Waals surface area (Å²) >= 11 is 0. The van der Waals surface area contributed by atoms with E-state index in [9.17, 15) is 4.79 Å². The van der Waals surface area contributed by atoms with Gasteiger partial charge in [-0.3, -0.25) is 4.79 Å². The van der Waals surface area contributed by atoms with Gasteiger partial charge >= 0.3 is 0 Å². The van der Waals surface area contributed by atoms with Crippen molar-refractivity contribution in [3.63, 3.8) is 0 Å². The Balaban J connectivity index is 1.54. The molecule has 3 heterocycles. The van der Waals surface area contributed by atoms with Gasteiger partial charge in [-0.2, -0.15) is 0 Å². The minimum absolute atomic E-state index is 0.236. The SMILES string of the molecule is CNC1CCN(c2ccc(-c3nn4c(C)nc(-c5ccccc5)c4c(=O)[nH]3)c(OC)c2)CC1. The number of rotatable bonds is 5. The van der Waals surface area contributed by atoms with Crippen LogP contribution in [0.25, 0.3) is 28.2 Å². The fourth-order valence-corrected chi connectivity index (χ4v) is 4.56. The highest BCUT2D eigenvalue weighted by atomic mass is 16.5. The fourth-order valence-electron chi connectivity index (χ4n) is 4.56. The van der Waals surface area contributed by atoms with E-state index in [4.69, 9.17) is 9.84 Å². The minimum atomic E-state index is -0.236. The Labute approximate surface area is 192 Å². The molecule has 0 unspecified atom stereocenters. The average molecular weight is 445 g/mol. The summed E-state index contributed by atoms with van der Waals surface area (Å²) in [6, 6.07) is 16.3. The lowest BCUT2D eigenvalue weighted by molar-refractivity contribution is 0.414. The molecule has 0 saturated carbocycles. The second-order valence-corrected chi connectivity index (χ2v) is 8.37. The fraction of sp³-hybridized carbons (Fsp3) is 0.320. The molecule has 170 valence electrons. The number of anilines is 1. The summed E-state index contributed by atoms with van der Waals surface area (Å²) in [5.74, 6) is 1.77. The van der Waals surface area contributed by atoms with Crippen molar-refractivity contribution in [1.82, 2.24) is 24.9 Å². The predicted octanol–water partition coefficient (Wildman–Crippen LogP) is 3.26. The Morgan fingerprint density at radius 3 is 2.58 bits per heavy atom. The highest BCUT2D eigenvalue weighted by molar-refractivity contribution is 5.77. The molecule has 0 atom stereocenters. The minimum Gasteiger partial charge on any atom is -0.496 e. The van der Waals surface area contributed by atoms with Crippen LogP contribution in [0.4, 0.5) is 5.69 Å². The van der Waals surface area contributed by atoms with E-state index in [1.807, 2.05) is 56.4 Å². The molecule has 0 spiro atoms. The van der Waals surface area contributed by atoms with Gasteiger partial charge in [0.1, 0.15) is 17.3 Å². The molecule has 8 heteroatoms. The Morgan fingerprint density at radius 1 is 1.12 bits per heavy atom. The second kappa shape index (κ2) is 8.71. The van der Waals surface area contributed by atoms with Crippen LogP contribution in [0.3, 0.4) is 0 Å². The molecule has 2 aromatic heterocycles. The first kappa shape index (κ1) is 21.2. The van der Waals surface area contributed by atoms with Crippen LogP contribution in [-0.2, 0) is 0 Å². The zero-order chi connectivity index (χ0) is 22.9. The van der Waals surface area contributed by atoms with E-state index in [-0.39, 0.29) is 5.56 Å². The Bertz CT molecular complexity index is 1340. The number of benzene rings is 2. The van der Waals surface area contributed by atoms with E-state index in [1.165, 1.54) is 0 Å². The topological polar surface area (TPSA) is 87.5 Å². The van der Waals surface area contributed by atoms with Crippen LogP contribution < -0.4 is 20.5 Å². The number of aryl methyl sites for hydroxylation is 1. The van der Waals surface area contributed by atoms with E-state index in [0.717, 1.165) is 42.7 Å². The van der Waals surface area contributed by atoms with Gasteiger partial charge in [0, 0.05) is 36.4 Å². The number of aromatic amines is 1. The summed E-state index contributed by atoms with van der Waals surface area (Å²) in [7, 11) is 3.66. The molecule has 0 amide bonds. The monoisotopic (exact) mass is 444 g/mol. The van der Waals surface area contributed by atoms with Crippen LogP contribution >= 0.6 is 0 Å². The first-order valence-electron chi connectivity index (χ1n) is 11.2. The molecular formula is C25H28N6O2. The van der Waals surface area contributed by atoms with Crippen molar-refractivity contribution >= 4 is 11.2 Å². The largest absolute Gasteiger partial charge is 0.496 e. The number of aromatic nitrogens is 4. The summed E-state index contributed by atoms with van der Waals surface area (Å²) in [6.45, 7) is 3.84. The summed E-state index contributed by atoms with van der Waals surface area (Å²) in [5, 5.41) is 8.09. The summed E-state index contributed by atoms with van der Waals surface area (Å²) in [5.41, 5.74) is 3.55. The van der Waals surface area contributed by atoms with Crippen LogP contribution in [0, 0.1) is 6.92 Å². The van der Waals surface area contributed by atoms with Crippen LogP contribution in [0.1, 0.15) is 18.7 Å². The molecule has 8 nitrogen and oxygen atoms in total.